The summed E-state index contributed by atoms with van der Waals surface area (Å²) in [5, 5.41) is 9.58. The molecule has 0 bridgehead atoms. The standard InChI is InChI=1S/C19H30O3/c1-3-4-5-6-10-13-18(14-16(2)20)22-15-19(21)17-11-8-7-9-12-17/h7-9,11-12,16,18,20H,3-6,10,13-15H2,1-2H3. The maximum absolute atomic E-state index is 12.1. The Kier molecular flexibility index (Phi) is 9.76. The Morgan fingerprint density at radius 3 is 2.45 bits per heavy atom. The van der Waals surface area contributed by atoms with Crippen molar-refractivity contribution in [3.05, 3.63) is 35.9 Å². The summed E-state index contributed by atoms with van der Waals surface area (Å²) >= 11 is 0. The third-order valence-electron chi connectivity index (χ3n) is 3.78. The van der Waals surface area contributed by atoms with Crippen molar-refractivity contribution in [1.29, 1.82) is 0 Å². The van der Waals surface area contributed by atoms with Crippen LogP contribution in [0, 0.1) is 0 Å². The molecule has 0 amide bonds. The van der Waals surface area contributed by atoms with Crippen molar-refractivity contribution in [3.8, 4) is 0 Å². The summed E-state index contributed by atoms with van der Waals surface area (Å²) in [6, 6.07) is 9.22. The number of benzene rings is 1. The van der Waals surface area contributed by atoms with Crippen LogP contribution >= 0.6 is 0 Å². The number of hydrogen-bond acceptors (Lipinski definition) is 3. The van der Waals surface area contributed by atoms with Crippen molar-refractivity contribution in [2.75, 3.05) is 6.61 Å². The van der Waals surface area contributed by atoms with Gasteiger partial charge in [-0.1, -0.05) is 69.4 Å². The van der Waals surface area contributed by atoms with E-state index in [1.165, 1.54) is 25.7 Å². The van der Waals surface area contributed by atoms with Crippen LogP contribution < -0.4 is 0 Å². The van der Waals surface area contributed by atoms with Crippen LogP contribution in [0.5, 0.6) is 0 Å². The summed E-state index contributed by atoms with van der Waals surface area (Å²) in [4.78, 5) is 12.1. The molecule has 1 aromatic carbocycles. The third kappa shape index (κ3) is 8.30. The van der Waals surface area contributed by atoms with Crippen molar-refractivity contribution in [2.45, 2.75) is 71.0 Å². The minimum Gasteiger partial charge on any atom is -0.393 e. The number of aliphatic hydroxyl groups is 1. The van der Waals surface area contributed by atoms with Gasteiger partial charge in [0.1, 0.15) is 6.61 Å². The molecule has 0 spiro atoms. The zero-order chi connectivity index (χ0) is 16.2. The van der Waals surface area contributed by atoms with Gasteiger partial charge < -0.3 is 9.84 Å². The van der Waals surface area contributed by atoms with E-state index in [2.05, 4.69) is 6.92 Å². The van der Waals surface area contributed by atoms with E-state index in [9.17, 15) is 9.90 Å². The summed E-state index contributed by atoms with van der Waals surface area (Å²) < 4.78 is 5.77. The number of ketones is 1. The average molecular weight is 306 g/mol. The Labute approximate surface area is 134 Å². The van der Waals surface area contributed by atoms with E-state index in [0.717, 1.165) is 12.8 Å². The van der Waals surface area contributed by atoms with E-state index in [1.807, 2.05) is 18.2 Å². The van der Waals surface area contributed by atoms with E-state index in [0.29, 0.717) is 12.0 Å². The fourth-order valence-electron chi connectivity index (χ4n) is 2.53. The molecular weight excluding hydrogens is 276 g/mol. The maximum Gasteiger partial charge on any atom is 0.188 e. The van der Waals surface area contributed by atoms with Crippen LogP contribution in [0.1, 0.15) is 69.2 Å². The predicted molar refractivity (Wildman–Crippen MR) is 90.2 cm³/mol. The highest BCUT2D eigenvalue weighted by Crippen LogP contribution is 2.14. The molecule has 0 saturated heterocycles. The van der Waals surface area contributed by atoms with Crippen LogP contribution in [0.3, 0.4) is 0 Å². The van der Waals surface area contributed by atoms with Gasteiger partial charge in [0.25, 0.3) is 0 Å². The SMILES string of the molecule is CCCCCCCC(CC(C)O)OCC(=O)c1ccccc1. The van der Waals surface area contributed by atoms with Gasteiger partial charge in [0.05, 0.1) is 12.2 Å². The molecule has 0 aromatic heterocycles. The second-order valence-electron chi connectivity index (χ2n) is 6.01. The molecular formula is C19H30O3. The molecule has 1 N–H and O–H groups in total. The molecule has 0 aliphatic carbocycles. The third-order valence-corrected chi connectivity index (χ3v) is 3.78. The molecule has 1 rings (SSSR count). The molecule has 1 aromatic rings. The Morgan fingerprint density at radius 2 is 1.82 bits per heavy atom. The zero-order valence-corrected chi connectivity index (χ0v) is 14.0. The molecule has 0 heterocycles. The van der Waals surface area contributed by atoms with E-state index in [4.69, 9.17) is 4.74 Å². The largest absolute Gasteiger partial charge is 0.393 e. The van der Waals surface area contributed by atoms with Crippen LogP contribution in [-0.4, -0.2) is 29.7 Å². The molecule has 2 unspecified atom stereocenters. The number of unbranched alkanes of at least 4 members (excludes halogenated alkanes) is 4. The van der Waals surface area contributed by atoms with Crippen LogP contribution in [-0.2, 0) is 4.74 Å². The number of carbonyl (C=O) groups excluding carboxylic acids is 1. The van der Waals surface area contributed by atoms with Gasteiger partial charge in [0.15, 0.2) is 5.78 Å². The van der Waals surface area contributed by atoms with Crippen LogP contribution in [0.2, 0.25) is 0 Å². The van der Waals surface area contributed by atoms with Crippen molar-refractivity contribution < 1.29 is 14.6 Å². The first-order chi connectivity index (χ1) is 10.6. The number of carbonyl (C=O) groups is 1. The summed E-state index contributed by atoms with van der Waals surface area (Å²) in [5.41, 5.74) is 0.682. The van der Waals surface area contributed by atoms with Gasteiger partial charge in [-0.05, 0) is 19.8 Å². The fraction of sp³-hybridized carbons (Fsp3) is 0.632. The molecule has 124 valence electrons. The van der Waals surface area contributed by atoms with Gasteiger partial charge in [0.2, 0.25) is 0 Å². The zero-order valence-electron chi connectivity index (χ0n) is 14.0. The molecule has 0 fully saturated rings. The average Bonchev–Trinajstić information content (AvgIpc) is 2.52. The highest BCUT2D eigenvalue weighted by molar-refractivity contribution is 5.96. The second kappa shape index (κ2) is 11.4. The number of Topliss-reactive ketones (excluding diaryl/α,β-unsaturated/α-hetero) is 1. The quantitative estimate of drug-likeness (QED) is 0.460. The topological polar surface area (TPSA) is 46.5 Å². The van der Waals surface area contributed by atoms with E-state index in [1.54, 1.807) is 19.1 Å². The van der Waals surface area contributed by atoms with Crippen molar-refractivity contribution in [2.24, 2.45) is 0 Å². The lowest BCUT2D eigenvalue weighted by atomic mass is 10.0. The summed E-state index contributed by atoms with van der Waals surface area (Å²) in [5.74, 6) is 0.00201. The smallest absolute Gasteiger partial charge is 0.188 e. The molecule has 3 nitrogen and oxygen atoms in total. The van der Waals surface area contributed by atoms with Crippen LogP contribution in [0.25, 0.3) is 0 Å². The maximum atomic E-state index is 12.1. The first-order valence-electron chi connectivity index (χ1n) is 8.51. The van der Waals surface area contributed by atoms with Crippen molar-refractivity contribution in [3.63, 3.8) is 0 Å². The monoisotopic (exact) mass is 306 g/mol. The van der Waals surface area contributed by atoms with Crippen molar-refractivity contribution >= 4 is 5.78 Å². The van der Waals surface area contributed by atoms with Gasteiger partial charge >= 0.3 is 0 Å². The number of aliphatic hydroxyl groups excluding tert-OH is 1. The first kappa shape index (κ1) is 18.9. The van der Waals surface area contributed by atoms with Crippen LogP contribution in [0.15, 0.2) is 30.3 Å². The predicted octanol–water partition coefficient (Wildman–Crippen LogP) is 4.39. The van der Waals surface area contributed by atoms with Crippen LogP contribution in [0.4, 0.5) is 0 Å². The minimum absolute atomic E-state index is 0.00201. The Hall–Kier alpha value is -1.19. The summed E-state index contributed by atoms with van der Waals surface area (Å²) in [6.45, 7) is 4.07. The Morgan fingerprint density at radius 1 is 1.14 bits per heavy atom. The van der Waals surface area contributed by atoms with Gasteiger partial charge in [-0.25, -0.2) is 0 Å². The van der Waals surface area contributed by atoms with Gasteiger partial charge in [-0.15, -0.1) is 0 Å². The molecule has 0 aliphatic rings. The molecule has 0 saturated carbocycles. The lowest BCUT2D eigenvalue weighted by Gasteiger charge is -2.19. The van der Waals surface area contributed by atoms with Gasteiger partial charge in [0, 0.05) is 5.56 Å². The van der Waals surface area contributed by atoms with Gasteiger partial charge in [-0.3, -0.25) is 4.79 Å². The normalized spacial score (nSPS) is 13.8. The van der Waals surface area contributed by atoms with E-state index < -0.39 is 6.10 Å². The Bertz CT molecular complexity index is 400. The Balaban J connectivity index is 2.35. The number of rotatable bonds is 12. The molecule has 3 heteroatoms. The lowest BCUT2D eigenvalue weighted by Crippen LogP contribution is -2.22. The molecule has 22 heavy (non-hydrogen) atoms. The highest BCUT2D eigenvalue weighted by atomic mass is 16.5. The minimum atomic E-state index is -0.396. The number of hydrogen-bond donors (Lipinski definition) is 1. The molecule has 2 atom stereocenters. The van der Waals surface area contributed by atoms with E-state index >= 15 is 0 Å². The van der Waals surface area contributed by atoms with Gasteiger partial charge in [-0.2, -0.15) is 0 Å². The fourth-order valence-corrected chi connectivity index (χ4v) is 2.53. The molecule has 0 radical (unpaired) electrons. The summed E-state index contributed by atoms with van der Waals surface area (Å²) in [7, 11) is 0. The lowest BCUT2D eigenvalue weighted by molar-refractivity contribution is 0.0146. The first-order valence-corrected chi connectivity index (χ1v) is 8.51. The summed E-state index contributed by atoms with van der Waals surface area (Å²) in [6.07, 6.45) is 7.12. The van der Waals surface area contributed by atoms with Crippen molar-refractivity contribution in [1.82, 2.24) is 0 Å². The second-order valence-corrected chi connectivity index (χ2v) is 6.01. The number of ether oxygens (including phenoxy) is 1. The van der Waals surface area contributed by atoms with E-state index in [-0.39, 0.29) is 18.5 Å². The highest BCUT2D eigenvalue weighted by Gasteiger charge is 2.15. The molecule has 0 aliphatic heterocycles.